The second kappa shape index (κ2) is 4.49. The Hall–Kier alpha value is -2.53. The fourth-order valence-corrected chi connectivity index (χ4v) is 2.60. The fourth-order valence-electron chi connectivity index (χ4n) is 2.35. The van der Waals surface area contributed by atoms with Crippen LogP contribution in [0.5, 0.6) is 5.75 Å². The predicted molar refractivity (Wildman–Crippen MR) is 81.0 cm³/mol. The van der Waals surface area contributed by atoms with E-state index in [0.29, 0.717) is 22.2 Å². The van der Waals surface area contributed by atoms with Crippen LogP contribution in [-0.2, 0) is 4.74 Å². The molecule has 0 fully saturated rings. The summed E-state index contributed by atoms with van der Waals surface area (Å²) in [6.07, 6.45) is 0.966. The van der Waals surface area contributed by atoms with Gasteiger partial charge in [-0.25, -0.2) is 4.99 Å². The molecular formula is C15H10ClN3O2. The molecule has 0 aliphatic carbocycles. The smallest absolute Gasteiger partial charge is 0.291 e. The van der Waals surface area contributed by atoms with Crippen molar-refractivity contribution in [2.75, 3.05) is 5.01 Å². The van der Waals surface area contributed by atoms with Crippen molar-refractivity contribution in [2.24, 2.45) is 10.1 Å². The largest absolute Gasteiger partial charge is 0.507 e. The van der Waals surface area contributed by atoms with Gasteiger partial charge in [0.2, 0.25) is 5.90 Å². The summed E-state index contributed by atoms with van der Waals surface area (Å²) in [4.78, 5) is 4.26. The lowest BCUT2D eigenvalue weighted by Crippen LogP contribution is -2.30. The standard InChI is InChI=1S/C15H10ClN3O2/c16-11-6-7-12(20)10-8-17-15-19(13(10)11)18-14(21-15)9-4-2-1-3-5-9/h1-8,15,20H. The van der Waals surface area contributed by atoms with Crippen molar-refractivity contribution in [3.05, 3.63) is 58.6 Å². The Bertz CT molecular complexity index is 774. The molecule has 1 unspecified atom stereocenters. The number of hydrogen-bond donors (Lipinski definition) is 1. The molecule has 2 heterocycles. The first-order valence-corrected chi connectivity index (χ1v) is 6.76. The monoisotopic (exact) mass is 299 g/mol. The minimum Gasteiger partial charge on any atom is -0.507 e. The molecule has 0 bridgehead atoms. The molecule has 2 aromatic rings. The molecule has 0 aromatic heterocycles. The maximum atomic E-state index is 9.92. The molecule has 4 rings (SSSR count). The average Bonchev–Trinajstić information content (AvgIpc) is 2.95. The van der Waals surface area contributed by atoms with E-state index in [1.165, 1.54) is 6.07 Å². The lowest BCUT2D eigenvalue weighted by molar-refractivity contribution is 0.223. The van der Waals surface area contributed by atoms with Crippen molar-refractivity contribution in [1.29, 1.82) is 0 Å². The van der Waals surface area contributed by atoms with Crippen molar-refractivity contribution >= 4 is 29.4 Å². The second-order valence-corrected chi connectivity index (χ2v) is 5.07. The van der Waals surface area contributed by atoms with Crippen LogP contribution in [0.4, 0.5) is 5.69 Å². The molecule has 0 spiro atoms. The summed E-state index contributed by atoms with van der Waals surface area (Å²) < 4.78 is 5.74. The van der Waals surface area contributed by atoms with Crippen molar-refractivity contribution in [3.63, 3.8) is 0 Å². The van der Waals surface area contributed by atoms with Gasteiger partial charge in [-0.15, -0.1) is 5.10 Å². The Morgan fingerprint density at radius 2 is 1.95 bits per heavy atom. The van der Waals surface area contributed by atoms with Crippen LogP contribution >= 0.6 is 11.6 Å². The second-order valence-electron chi connectivity index (χ2n) is 4.67. The molecule has 5 nitrogen and oxygen atoms in total. The number of benzene rings is 2. The number of halogens is 1. The molecule has 104 valence electrons. The highest BCUT2D eigenvalue weighted by molar-refractivity contribution is 6.34. The van der Waals surface area contributed by atoms with E-state index in [9.17, 15) is 5.11 Å². The van der Waals surface area contributed by atoms with Gasteiger partial charge in [0.1, 0.15) is 5.75 Å². The molecule has 0 amide bonds. The number of phenolic OH excluding ortho intramolecular Hbond substituents is 1. The van der Waals surface area contributed by atoms with Crippen LogP contribution in [0.25, 0.3) is 0 Å². The van der Waals surface area contributed by atoms with E-state index in [2.05, 4.69) is 10.1 Å². The van der Waals surface area contributed by atoms with Crippen molar-refractivity contribution in [3.8, 4) is 5.75 Å². The SMILES string of the molecule is Oc1ccc(Cl)c2c1C=NC1OC(c3ccccc3)=NN21. The van der Waals surface area contributed by atoms with Gasteiger partial charge in [0.25, 0.3) is 6.35 Å². The molecule has 2 aliphatic rings. The van der Waals surface area contributed by atoms with Crippen molar-refractivity contribution < 1.29 is 9.84 Å². The van der Waals surface area contributed by atoms with Crippen molar-refractivity contribution in [1.82, 2.24) is 0 Å². The first-order chi connectivity index (χ1) is 10.2. The molecule has 1 N–H and O–H groups in total. The zero-order valence-corrected chi connectivity index (χ0v) is 11.5. The zero-order valence-electron chi connectivity index (χ0n) is 10.8. The Labute approximate surface area is 125 Å². The highest BCUT2D eigenvalue weighted by Crippen LogP contribution is 2.40. The third-order valence-electron chi connectivity index (χ3n) is 3.35. The quantitative estimate of drug-likeness (QED) is 0.881. The third-order valence-corrected chi connectivity index (χ3v) is 3.66. The predicted octanol–water partition coefficient (Wildman–Crippen LogP) is 2.96. The number of ether oxygens (including phenoxy) is 1. The van der Waals surface area contributed by atoms with Crippen LogP contribution in [-0.4, -0.2) is 23.6 Å². The van der Waals surface area contributed by atoms with E-state index in [1.54, 1.807) is 17.3 Å². The topological polar surface area (TPSA) is 57.4 Å². The van der Waals surface area contributed by atoms with Crippen LogP contribution < -0.4 is 5.01 Å². The summed E-state index contributed by atoms with van der Waals surface area (Å²) in [7, 11) is 0. The van der Waals surface area contributed by atoms with Gasteiger partial charge in [-0.1, -0.05) is 29.8 Å². The van der Waals surface area contributed by atoms with E-state index in [1.807, 2.05) is 30.3 Å². The molecule has 0 radical (unpaired) electrons. The molecular weight excluding hydrogens is 290 g/mol. The molecule has 1 atom stereocenters. The maximum absolute atomic E-state index is 9.92. The van der Waals surface area contributed by atoms with Gasteiger partial charge in [0, 0.05) is 11.8 Å². The first-order valence-electron chi connectivity index (χ1n) is 6.38. The summed E-state index contributed by atoms with van der Waals surface area (Å²) >= 11 is 6.24. The molecule has 2 aromatic carbocycles. The van der Waals surface area contributed by atoms with Crippen LogP contribution in [0.3, 0.4) is 0 Å². The molecule has 6 heteroatoms. The van der Waals surface area contributed by atoms with Gasteiger partial charge >= 0.3 is 0 Å². The minimum atomic E-state index is -0.591. The molecule has 0 saturated heterocycles. The van der Waals surface area contributed by atoms with E-state index in [-0.39, 0.29) is 5.75 Å². The Morgan fingerprint density at radius 1 is 1.14 bits per heavy atom. The summed E-state index contributed by atoms with van der Waals surface area (Å²) in [5, 5.41) is 16.4. The normalized spacial score (nSPS) is 18.8. The fraction of sp³-hybridized carbons (Fsp3) is 0.0667. The average molecular weight is 300 g/mol. The highest BCUT2D eigenvalue weighted by Gasteiger charge is 2.35. The zero-order chi connectivity index (χ0) is 14.4. The summed E-state index contributed by atoms with van der Waals surface area (Å²) in [5.41, 5.74) is 2.00. The third kappa shape index (κ3) is 1.86. The van der Waals surface area contributed by atoms with Gasteiger partial charge in [-0.05, 0) is 24.3 Å². The van der Waals surface area contributed by atoms with Crippen LogP contribution in [0.1, 0.15) is 11.1 Å². The Kier molecular flexibility index (Phi) is 2.62. The van der Waals surface area contributed by atoms with E-state index in [0.717, 1.165) is 5.56 Å². The lowest BCUT2D eigenvalue weighted by Gasteiger charge is -2.25. The van der Waals surface area contributed by atoms with Crippen LogP contribution in [0.2, 0.25) is 5.02 Å². The van der Waals surface area contributed by atoms with Crippen molar-refractivity contribution in [2.45, 2.75) is 6.35 Å². The van der Waals surface area contributed by atoms with E-state index < -0.39 is 6.35 Å². The number of nitrogens with zero attached hydrogens (tertiary/aromatic N) is 3. The van der Waals surface area contributed by atoms with Crippen LogP contribution in [0.15, 0.2) is 52.6 Å². The Balaban J connectivity index is 1.83. The summed E-state index contributed by atoms with van der Waals surface area (Å²) in [5.74, 6) is 0.588. The van der Waals surface area contributed by atoms with Gasteiger partial charge in [0.05, 0.1) is 16.3 Å². The van der Waals surface area contributed by atoms with Gasteiger partial charge in [-0.3, -0.25) is 0 Å². The lowest BCUT2D eigenvalue weighted by atomic mass is 10.1. The number of hydrogen-bond acceptors (Lipinski definition) is 5. The Morgan fingerprint density at radius 3 is 2.76 bits per heavy atom. The summed E-state index contributed by atoms with van der Waals surface area (Å²) in [6.45, 7) is 0. The maximum Gasteiger partial charge on any atom is 0.291 e. The van der Waals surface area contributed by atoms with Gasteiger partial charge in [0.15, 0.2) is 0 Å². The number of aromatic hydroxyl groups is 1. The molecule has 21 heavy (non-hydrogen) atoms. The molecule has 2 aliphatic heterocycles. The number of fused-ring (bicyclic) bond motifs is 3. The number of hydrazone groups is 1. The van der Waals surface area contributed by atoms with Gasteiger partial charge in [-0.2, -0.15) is 5.01 Å². The number of phenols is 1. The van der Waals surface area contributed by atoms with Gasteiger partial charge < -0.3 is 9.84 Å². The van der Waals surface area contributed by atoms with E-state index in [4.69, 9.17) is 16.3 Å². The highest BCUT2D eigenvalue weighted by atomic mass is 35.5. The number of aliphatic imine (C=N–C) groups is 1. The first kappa shape index (κ1) is 12.2. The summed E-state index contributed by atoms with van der Waals surface area (Å²) in [6, 6.07) is 12.7. The minimum absolute atomic E-state index is 0.111. The van der Waals surface area contributed by atoms with Crippen LogP contribution in [0, 0.1) is 0 Å². The number of rotatable bonds is 1. The van der Waals surface area contributed by atoms with E-state index >= 15 is 0 Å². The molecule has 0 saturated carbocycles. The number of anilines is 1.